The maximum absolute atomic E-state index is 14.2. The van der Waals surface area contributed by atoms with Crippen LogP contribution in [-0.4, -0.2) is 71.9 Å². The highest BCUT2D eigenvalue weighted by Crippen LogP contribution is 2.35. The Hall–Kier alpha value is -4.85. The number of nitrogens with one attached hydrogen (secondary N) is 3. The summed E-state index contributed by atoms with van der Waals surface area (Å²) in [5.74, 6) is -0.0165. The molecule has 240 valence electrons. The first kappa shape index (κ1) is 33.1. The zero-order chi connectivity index (χ0) is 32.7. The van der Waals surface area contributed by atoms with Gasteiger partial charge in [0, 0.05) is 42.8 Å². The minimum Gasteiger partial charge on any atom is -0.493 e. The fraction of sp³-hybridized carbons (Fsp3) is 0.323. The van der Waals surface area contributed by atoms with Crippen LogP contribution in [0.25, 0.3) is 0 Å². The molecule has 1 saturated heterocycles. The van der Waals surface area contributed by atoms with Gasteiger partial charge in [-0.15, -0.1) is 0 Å². The molecule has 2 aliphatic heterocycles. The lowest BCUT2D eigenvalue weighted by atomic mass is 10.0. The summed E-state index contributed by atoms with van der Waals surface area (Å²) in [6.07, 6.45) is 2.46. The minimum absolute atomic E-state index is 0.0275. The molecule has 12 nitrogen and oxygen atoms in total. The van der Waals surface area contributed by atoms with E-state index in [1.54, 1.807) is 31.4 Å². The molecule has 1 unspecified atom stereocenters. The Bertz CT molecular complexity index is 1680. The third-order valence-corrected chi connectivity index (χ3v) is 8.46. The van der Waals surface area contributed by atoms with Crippen molar-refractivity contribution >= 4 is 39.1 Å². The van der Waals surface area contributed by atoms with Crippen LogP contribution < -0.4 is 25.4 Å². The maximum atomic E-state index is 14.2. The zero-order valence-electron chi connectivity index (χ0n) is 25.3. The monoisotopic (exact) mass is 642 g/mol. The van der Waals surface area contributed by atoms with Crippen molar-refractivity contribution in [1.29, 1.82) is 0 Å². The van der Waals surface area contributed by atoms with Crippen LogP contribution in [0.15, 0.2) is 59.5 Å². The molecule has 3 aromatic carbocycles. The van der Waals surface area contributed by atoms with E-state index in [0.717, 1.165) is 19.1 Å². The van der Waals surface area contributed by atoms with Gasteiger partial charge in [-0.1, -0.05) is 6.07 Å². The molecule has 45 heavy (non-hydrogen) atoms. The summed E-state index contributed by atoms with van der Waals surface area (Å²) in [5.41, 5.74) is 2.28. The molecule has 14 heteroatoms. The molecule has 3 aromatic rings. The van der Waals surface area contributed by atoms with Crippen molar-refractivity contribution in [1.82, 2.24) is 10.2 Å². The molecule has 0 radical (unpaired) electrons. The Morgan fingerprint density at radius 1 is 0.956 bits per heavy atom. The van der Waals surface area contributed by atoms with E-state index in [9.17, 15) is 27.2 Å². The van der Waals surface area contributed by atoms with E-state index < -0.39 is 33.7 Å². The second-order valence-corrected chi connectivity index (χ2v) is 12.3. The highest BCUT2D eigenvalue weighted by atomic mass is 32.2. The number of hydrogen-bond donors (Lipinski definition) is 3. The van der Waals surface area contributed by atoms with Gasteiger partial charge in [0.2, 0.25) is 5.91 Å². The average molecular weight is 643 g/mol. The highest BCUT2D eigenvalue weighted by molar-refractivity contribution is 7.90. The average Bonchev–Trinajstić information content (AvgIpc) is 3.71. The van der Waals surface area contributed by atoms with Gasteiger partial charge in [-0.05, 0) is 66.9 Å². The van der Waals surface area contributed by atoms with Crippen LogP contribution in [0.5, 0.6) is 11.5 Å². The van der Waals surface area contributed by atoms with Gasteiger partial charge in [-0.2, -0.15) is 0 Å². The number of anilines is 2. The number of amides is 3. The van der Waals surface area contributed by atoms with Gasteiger partial charge in [0.05, 0.1) is 31.8 Å². The third kappa shape index (κ3) is 7.81. The van der Waals surface area contributed by atoms with Crippen LogP contribution in [0, 0.1) is 5.82 Å². The van der Waals surface area contributed by atoms with Crippen LogP contribution in [0.1, 0.15) is 40.4 Å². The first-order valence-electron chi connectivity index (χ1n) is 14.0. The lowest BCUT2D eigenvalue weighted by Gasteiger charge is -2.26. The van der Waals surface area contributed by atoms with Gasteiger partial charge in [-0.3, -0.25) is 14.9 Å². The number of carbonyl (C=O) groups is 3. The molecule has 0 bridgehead atoms. The fourth-order valence-electron chi connectivity index (χ4n) is 4.99. The first-order valence-corrected chi connectivity index (χ1v) is 15.9. The van der Waals surface area contributed by atoms with Crippen LogP contribution in [0.3, 0.4) is 0 Å². The van der Waals surface area contributed by atoms with Gasteiger partial charge in [-0.25, -0.2) is 17.6 Å². The van der Waals surface area contributed by atoms with Crippen molar-refractivity contribution in [3.8, 4) is 11.5 Å². The molecule has 0 spiro atoms. The Morgan fingerprint density at radius 3 is 2.22 bits per heavy atom. The van der Waals surface area contributed by atoms with Gasteiger partial charge in [0.1, 0.15) is 11.9 Å². The quantitative estimate of drug-likeness (QED) is 0.329. The number of ether oxygens (including phenoxy) is 3. The van der Waals surface area contributed by atoms with E-state index in [1.807, 2.05) is 4.90 Å². The highest BCUT2D eigenvalue weighted by Gasteiger charge is 2.32. The van der Waals surface area contributed by atoms with E-state index in [-0.39, 0.29) is 22.9 Å². The molecular weight excluding hydrogens is 607 g/mol. The third-order valence-electron chi connectivity index (χ3n) is 7.33. The van der Waals surface area contributed by atoms with E-state index in [0.29, 0.717) is 47.1 Å². The summed E-state index contributed by atoms with van der Waals surface area (Å²) < 4.78 is 51.5. The standard InChI is InChI=1S/C22H24FN3O4.C9H11NO4S/c1-29-17-8-5-13(11-18(17)30-2)20(22(28)26-9-3-4-10-26)25-16-7-6-15(23)19-14(16)12-24-21(19)27;1-14-9(11)10-7-3-5-8(6-4-7)15(2,12)13/h5-8,11,20,25H,3-4,9-10,12H2,1-2H3,(H,24,27);3-6H,1-2H3,(H,10,11). The molecule has 1 atom stereocenters. The van der Waals surface area contributed by atoms with Gasteiger partial charge in [0.15, 0.2) is 21.3 Å². The lowest BCUT2D eigenvalue weighted by molar-refractivity contribution is -0.131. The summed E-state index contributed by atoms with van der Waals surface area (Å²) in [6.45, 7) is 1.61. The number of hydrogen-bond acceptors (Lipinski definition) is 9. The molecule has 3 amide bonds. The summed E-state index contributed by atoms with van der Waals surface area (Å²) in [6, 6.07) is 13.2. The second kappa shape index (κ2) is 14.3. The Labute approximate surface area is 260 Å². The van der Waals surface area contributed by atoms with Crippen molar-refractivity contribution < 1.29 is 41.4 Å². The van der Waals surface area contributed by atoms with Gasteiger partial charge >= 0.3 is 6.09 Å². The molecule has 3 N–H and O–H groups in total. The van der Waals surface area contributed by atoms with Gasteiger partial charge < -0.3 is 29.7 Å². The number of rotatable bonds is 8. The van der Waals surface area contributed by atoms with E-state index in [1.165, 1.54) is 44.6 Å². The van der Waals surface area contributed by atoms with E-state index in [2.05, 4.69) is 20.7 Å². The SMILES string of the molecule is COC(=O)Nc1ccc(S(C)(=O)=O)cc1.COc1ccc(C(Nc2ccc(F)c3c2CNC3=O)C(=O)N2CCCC2)cc1OC. The Balaban J connectivity index is 0.000000259. The molecule has 1 fully saturated rings. The number of methoxy groups -OCH3 is 3. The zero-order valence-corrected chi connectivity index (χ0v) is 26.1. The number of fused-ring (bicyclic) bond motifs is 1. The number of nitrogens with zero attached hydrogens (tertiary/aromatic N) is 1. The summed E-state index contributed by atoms with van der Waals surface area (Å²) in [4.78, 5) is 38.2. The predicted octanol–water partition coefficient (Wildman–Crippen LogP) is 4.13. The van der Waals surface area contributed by atoms with Gasteiger partial charge in [0.25, 0.3) is 5.91 Å². The predicted molar refractivity (Wildman–Crippen MR) is 165 cm³/mol. The molecule has 0 aliphatic carbocycles. The number of sulfone groups is 1. The Morgan fingerprint density at radius 2 is 1.62 bits per heavy atom. The summed E-state index contributed by atoms with van der Waals surface area (Å²) in [5, 5.41) is 8.32. The van der Waals surface area contributed by atoms with Crippen LogP contribution in [0.2, 0.25) is 0 Å². The smallest absolute Gasteiger partial charge is 0.411 e. The van der Waals surface area contributed by atoms with Crippen molar-refractivity contribution in [2.24, 2.45) is 0 Å². The van der Waals surface area contributed by atoms with Crippen LogP contribution in [-0.2, 0) is 25.9 Å². The molecule has 2 aliphatic rings. The molecule has 5 rings (SSSR count). The summed E-state index contributed by atoms with van der Waals surface area (Å²) >= 11 is 0. The lowest BCUT2D eigenvalue weighted by Crippen LogP contribution is -2.36. The number of carbonyl (C=O) groups excluding carboxylic acids is 3. The maximum Gasteiger partial charge on any atom is 0.411 e. The summed E-state index contributed by atoms with van der Waals surface area (Å²) in [7, 11) is 1.14. The first-order chi connectivity index (χ1) is 21.5. The minimum atomic E-state index is -3.20. The normalized spacial score (nSPS) is 14.3. The van der Waals surface area contributed by atoms with Crippen molar-refractivity contribution in [3.63, 3.8) is 0 Å². The largest absolute Gasteiger partial charge is 0.493 e. The molecule has 0 saturated carbocycles. The van der Waals surface area contributed by atoms with Crippen LogP contribution in [0.4, 0.5) is 20.6 Å². The fourth-order valence-corrected chi connectivity index (χ4v) is 5.62. The molecule has 0 aromatic heterocycles. The number of likely N-dealkylation sites (tertiary alicyclic amines) is 1. The number of halogens is 1. The van der Waals surface area contributed by atoms with Crippen LogP contribution >= 0.6 is 0 Å². The van der Waals surface area contributed by atoms with E-state index in [4.69, 9.17) is 9.47 Å². The van der Waals surface area contributed by atoms with Crippen molar-refractivity contribution in [2.75, 3.05) is 51.3 Å². The van der Waals surface area contributed by atoms with E-state index >= 15 is 0 Å². The molecular formula is C31H35FN4O8S. The topological polar surface area (TPSA) is 152 Å². The van der Waals surface area contributed by atoms with Crippen molar-refractivity contribution in [2.45, 2.75) is 30.3 Å². The second-order valence-electron chi connectivity index (χ2n) is 10.3. The van der Waals surface area contributed by atoms with Crippen molar-refractivity contribution in [3.05, 3.63) is 77.1 Å². The number of benzene rings is 3. The Kier molecular flexibility index (Phi) is 10.5. The molecule has 2 heterocycles.